The fraction of sp³-hybridized carbons (Fsp3) is 0.688. The van der Waals surface area contributed by atoms with Gasteiger partial charge in [0.25, 0.3) is 17.7 Å². The van der Waals surface area contributed by atoms with E-state index in [1.807, 2.05) is 94.1 Å². The third-order valence-electron chi connectivity index (χ3n) is 24.8. The summed E-state index contributed by atoms with van der Waals surface area (Å²) in [6, 6.07) is 4.31. The molecule has 16 atom stereocenters. The first-order valence-corrected chi connectivity index (χ1v) is 45.8. The molecule has 9 rings (SSSR count). The summed E-state index contributed by atoms with van der Waals surface area (Å²) in [5.74, 6) is -6.93. The van der Waals surface area contributed by atoms with Crippen LogP contribution in [0.3, 0.4) is 0 Å². The van der Waals surface area contributed by atoms with E-state index in [4.69, 9.17) is 77.8 Å². The standard InChI is InChI=1S/C93H141N13O22/c1-60-21-13-12-14-22-61(2)76(116-8)56-71-30-27-66(7)93(115,128-71)87(112)90(113)104-37-17-15-25-74(104)91(114)126-78(57-77(117-9)62(3)52-65(6)85(111)86(119-11)84(110)64(5)51-60)63(4)53-67-28-31-73(79(54-67)118-10)106-58-69(101-103-106)23-19-26-80(108)97-36-42-123-46-50-125-48-44-121-40-33-70(107)24-20-39-120-43-47-124-49-45-122-41-34-81(109)96-35-16-18-38-105-89-82(88(94)98-59-99-89)83(102-105)68-29-32-75-72(55-68)100-92(95)127-75/h12-14,21-22,29,32,52,55,58-60,62-64,66-67,71,73-74,76-79,85-86,111,115H,15-20,23-28,30-31,33-51,53-54,56-57H2,1-11H3,(H2,95,100)(H,96,109)(H,97,108)(H2,94,98,99)/b14-12+,21-13+,61-22+,65-52+/t60-,62-,63-,64-,66-,67+,71+,73+,74+,76+,77-,78+,79-,85-,86+,93-/m1/s1. The minimum Gasteiger partial charge on any atom is -0.460 e. The van der Waals surface area contributed by atoms with Crippen molar-refractivity contribution in [1.29, 1.82) is 0 Å². The molecule has 8 N–H and O–H groups in total. The lowest BCUT2D eigenvalue weighted by molar-refractivity contribution is -0.265. The fourth-order valence-electron chi connectivity index (χ4n) is 17.3. The molecule has 128 heavy (non-hydrogen) atoms. The van der Waals surface area contributed by atoms with Crippen LogP contribution in [-0.4, -0.2) is 278 Å². The van der Waals surface area contributed by atoms with Gasteiger partial charge in [0.2, 0.25) is 17.6 Å². The number of allylic oxidation sites excluding steroid dienone is 5. The van der Waals surface area contributed by atoms with E-state index in [2.05, 4.69) is 35.9 Å². The van der Waals surface area contributed by atoms with E-state index in [1.165, 1.54) is 18.3 Å². The average molecular weight is 1790 g/mol. The molecule has 4 aliphatic rings. The van der Waals surface area contributed by atoms with Crippen LogP contribution in [0.5, 0.6) is 0 Å². The Morgan fingerprint density at radius 3 is 2.13 bits per heavy atom. The van der Waals surface area contributed by atoms with E-state index in [0.717, 1.165) is 42.5 Å². The van der Waals surface area contributed by atoms with Crippen LogP contribution in [0.15, 0.2) is 82.7 Å². The van der Waals surface area contributed by atoms with Gasteiger partial charge in [0.1, 0.15) is 53.5 Å². The normalized spacial score (nSPS) is 26.9. The number of nitrogens with two attached hydrogens (primary N) is 2. The number of esters is 1. The van der Waals surface area contributed by atoms with Crippen LogP contribution in [0.2, 0.25) is 0 Å². The Labute approximate surface area is 751 Å². The second-order valence-electron chi connectivity index (χ2n) is 34.5. The minimum absolute atomic E-state index is 0.0120. The predicted molar refractivity (Wildman–Crippen MR) is 478 cm³/mol. The molecule has 35 heteroatoms. The number of aliphatic hydroxyl groups is 2. The van der Waals surface area contributed by atoms with Crippen molar-refractivity contribution in [3.05, 3.63) is 84.0 Å². The lowest BCUT2D eigenvalue weighted by Gasteiger charge is -2.43. The third-order valence-corrected chi connectivity index (χ3v) is 24.8. The number of methoxy groups -OCH3 is 4. The van der Waals surface area contributed by atoms with Crippen LogP contribution in [-0.2, 0) is 103 Å². The van der Waals surface area contributed by atoms with Gasteiger partial charge in [-0.3, -0.25) is 28.8 Å². The zero-order chi connectivity index (χ0) is 92.1. The summed E-state index contributed by atoms with van der Waals surface area (Å²) in [6.45, 7) is 18.9. The molecular formula is C93H141N13O22. The van der Waals surface area contributed by atoms with Crippen LogP contribution >= 0.6 is 0 Å². The van der Waals surface area contributed by atoms with Crippen molar-refractivity contribution < 1.29 is 105 Å². The number of nitrogens with zero attached hydrogens (tertiary/aromatic N) is 9. The smallest absolute Gasteiger partial charge is 0.329 e. The number of cyclic esters (lactones) is 1. The zero-order valence-electron chi connectivity index (χ0n) is 76.9. The van der Waals surface area contributed by atoms with Crippen LogP contribution in [0.4, 0.5) is 11.8 Å². The number of aliphatic hydroxyl groups excluding tert-OH is 1. The van der Waals surface area contributed by atoms with Gasteiger partial charge < -0.3 is 98.5 Å². The largest absolute Gasteiger partial charge is 0.460 e. The number of aryl methyl sites for hydroxylation is 2. The summed E-state index contributed by atoms with van der Waals surface area (Å²) in [5, 5.41) is 44.4. The lowest BCUT2D eigenvalue weighted by atomic mass is 9.77. The predicted octanol–water partition coefficient (Wildman–Crippen LogP) is 9.48. The third kappa shape index (κ3) is 31.3. The van der Waals surface area contributed by atoms with Gasteiger partial charge in [-0.25, -0.2) is 24.1 Å². The van der Waals surface area contributed by atoms with Crippen LogP contribution in [0.25, 0.3) is 33.4 Å². The fourth-order valence-corrected chi connectivity index (χ4v) is 17.3. The van der Waals surface area contributed by atoms with Gasteiger partial charge in [0, 0.05) is 129 Å². The number of carbonyl (C=O) groups excluding carboxylic acids is 7. The molecule has 35 nitrogen and oxygen atoms in total. The van der Waals surface area contributed by atoms with Crippen molar-refractivity contribution in [1.82, 2.24) is 55.3 Å². The van der Waals surface area contributed by atoms with Gasteiger partial charge in [0.05, 0.1) is 114 Å². The number of aromatic nitrogens is 8. The molecule has 1 aliphatic carbocycles. The lowest BCUT2D eigenvalue weighted by Crippen LogP contribution is -2.61. The van der Waals surface area contributed by atoms with Crippen LogP contribution in [0, 0.1) is 35.5 Å². The first kappa shape index (κ1) is 103. The molecule has 3 aliphatic heterocycles. The second kappa shape index (κ2) is 53.6. The number of fused-ring (bicyclic) bond motifs is 5. The number of oxazole rings is 1. The maximum Gasteiger partial charge on any atom is 0.329 e. The Morgan fingerprint density at radius 2 is 1.41 bits per heavy atom. The number of rotatable bonds is 43. The summed E-state index contributed by atoms with van der Waals surface area (Å²) < 4.78 is 79.7. The highest BCUT2D eigenvalue weighted by Gasteiger charge is 2.53. The number of piperidine rings is 1. The van der Waals surface area contributed by atoms with Gasteiger partial charge in [-0.2, -0.15) is 10.1 Å². The Balaban J connectivity index is 0.614. The van der Waals surface area contributed by atoms with Crippen LogP contribution in [0.1, 0.15) is 189 Å². The van der Waals surface area contributed by atoms with E-state index < -0.39 is 77.9 Å². The molecule has 2 bridgehead atoms. The number of carbonyl (C=O) groups is 7. The topological polar surface area (TPSA) is 450 Å². The average Bonchev–Trinajstić information content (AvgIpc) is 1.61. The van der Waals surface area contributed by atoms with Crippen molar-refractivity contribution in [3.8, 4) is 11.3 Å². The number of ketones is 3. The van der Waals surface area contributed by atoms with E-state index in [0.29, 0.717) is 221 Å². The zero-order valence-corrected chi connectivity index (χ0v) is 76.9. The van der Waals surface area contributed by atoms with Crippen molar-refractivity contribution >= 4 is 75.0 Å². The second-order valence-corrected chi connectivity index (χ2v) is 34.5. The maximum absolute atomic E-state index is 15.0. The molecule has 0 spiro atoms. The van der Waals surface area contributed by atoms with Crippen molar-refractivity contribution in [2.45, 2.75) is 250 Å². The number of hydrogen-bond acceptors (Lipinski definition) is 30. The summed E-state index contributed by atoms with van der Waals surface area (Å²) in [7, 11) is 6.28. The van der Waals surface area contributed by atoms with E-state index in [9.17, 15) is 43.8 Å². The van der Waals surface area contributed by atoms with Crippen molar-refractivity contribution in [2.24, 2.45) is 35.5 Å². The van der Waals surface area contributed by atoms with Crippen molar-refractivity contribution in [3.63, 3.8) is 0 Å². The molecule has 3 amide bonds. The first-order chi connectivity index (χ1) is 61.7. The number of benzene rings is 1. The van der Waals surface area contributed by atoms with Gasteiger partial charge >= 0.3 is 5.97 Å². The molecule has 5 aromatic rings. The Morgan fingerprint density at radius 1 is 0.703 bits per heavy atom. The highest BCUT2D eigenvalue weighted by atomic mass is 16.6. The quantitative estimate of drug-likeness (QED) is 0.00915. The van der Waals surface area contributed by atoms with Gasteiger partial charge in [0.15, 0.2) is 17.0 Å². The molecular weight excluding hydrogens is 1650 g/mol. The molecule has 710 valence electrons. The molecule has 4 aromatic heterocycles. The van der Waals surface area contributed by atoms with Gasteiger partial charge in [-0.15, -0.1) is 5.10 Å². The summed E-state index contributed by atoms with van der Waals surface area (Å²) in [5.41, 5.74) is 17.3. The van der Waals surface area contributed by atoms with E-state index in [1.54, 1.807) is 45.9 Å². The molecule has 1 aromatic carbocycles. The van der Waals surface area contributed by atoms with Gasteiger partial charge in [-0.05, 0) is 157 Å². The SMILES string of the molecule is CO[C@H]1C[C@@H]2CC[C@@H](C)[C@@](O)(O2)C(=O)C(=O)N2CCCC[C@H]2C(=O)O[C@H]([C@H](C)C[C@@H]2CC[C@H](n3cc(CCCC(=O)NCCOCCOCCOCCC(=O)CCCOCCOCCOCCC(=O)NCCCCn4nc(-c5ccc6oc(N)nc6c5)c5c(N)ncnc54)nn3)[C@H](OC)C2)C[C@@H](OC)[C@H](C)/C=C(\C)[C@@H](O)[C@@H](OC)C(=O)[C@H](C)C[C@H](C)/C=C/C=C/C=C/1C. The Kier molecular flexibility index (Phi) is 43.1. The molecule has 7 heterocycles. The molecule has 0 unspecified atom stereocenters. The molecule has 0 radical (unpaired) electrons. The highest BCUT2D eigenvalue weighted by molar-refractivity contribution is 6.39. The number of hydrogen-bond donors (Lipinski definition) is 6. The monoisotopic (exact) mass is 1790 g/mol. The van der Waals surface area contributed by atoms with Crippen molar-refractivity contribution in [2.75, 3.05) is 139 Å². The number of Topliss-reactive ketones (excluding diaryl/α,β-unsaturated/α-hetero) is 3. The number of nitrogens with one attached hydrogen (secondary N) is 2. The molecule has 2 saturated heterocycles. The van der Waals surface area contributed by atoms with Gasteiger partial charge in [-0.1, -0.05) is 76.3 Å². The number of ether oxygens (including phenoxy) is 12. The van der Waals surface area contributed by atoms with E-state index >= 15 is 0 Å². The summed E-state index contributed by atoms with van der Waals surface area (Å²) in [6.07, 6.45) is 20.3. The maximum atomic E-state index is 15.0. The Hall–Kier alpha value is -8.69. The highest BCUT2D eigenvalue weighted by Crippen LogP contribution is 2.41. The molecule has 3 fully saturated rings. The number of amides is 3. The van der Waals surface area contributed by atoms with Crippen LogP contribution < -0.4 is 22.1 Å². The summed E-state index contributed by atoms with van der Waals surface area (Å²) >= 11 is 0. The first-order valence-electron chi connectivity index (χ1n) is 45.8. The molecule has 1 saturated carbocycles. The Bertz CT molecular complexity index is 4430. The minimum atomic E-state index is -2.45. The van der Waals surface area contributed by atoms with E-state index in [-0.39, 0.29) is 97.6 Å². The number of nitrogen functional groups attached to an aromatic ring is 2. The summed E-state index contributed by atoms with van der Waals surface area (Å²) in [4.78, 5) is 110. The number of anilines is 2. The number of unbranched alkanes of at least 4 members (excludes halogenated alkanes) is 1.